The van der Waals surface area contributed by atoms with Gasteiger partial charge in [-0.3, -0.25) is 14.6 Å². The lowest BCUT2D eigenvalue weighted by Crippen LogP contribution is -2.14. The number of aromatic amines is 3. The van der Waals surface area contributed by atoms with E-state index in [1.807, 2.05) is 18.8 Å². The van der Waals surface area contributed by atoms with Crippen LogP contribution < -0.4 is 22.4 Å². The summed E-state index contributed by atoms with van der Waals surface area (Å²) in [6.45, 7) is 3.73. The second kappa shape index (κ2) is 13.4. The maximum atomic E-state index is 11.8. The fraction of sp³-hybridized carbons (Fsp3) is 0.333. The monoisotopic (exact) mass is 620 g/mol. The minimum atomic E-state index is -0.490. The number of hydrogen-bond acceptors (Lipinski definition) is 9. The molecule has 0 aliphatic carbocycles. The number of aromatic nitrogens is 4. The van der Waals surface area contributed by atoms with E-state index in [0.29, 0.717) is 39.9 Å². The molecule has 3 N–H and O–H groups in total. The number of nitrogens with zero attached hydrogens (tertiary/aromatic N) is 1. The van der Waals surface area contributed by atoms with Gasteiger partial charge in [-0.25, -0.2) is 9.59 Å². The van der Waals surface area contributed by atoms with Crippen LogP contribution in [0.15, 0.2) is 45.3 Å². The molecule has 0 saturated carbocycles. The van der Waals surface area contributed by atoms with Crippen molar-refractivity contribution in [2.75, 3.05) is 11.2 Å². The van der Waals surface area contributed by atoms with Crippen LogP contribution in [-0.4, -0.2) is 31.1 Å². The van der Waals surface area contributed by atoms with E-state index in [-0.39, 0.29) is 34.7 Å². The van der Waals surface area contributed by atoms with Crippen molar-refractivity contribution in [2.24, 2.45) is 0 Å². The molecule has 4 aromatic heterocycles. The van der Waals surface area contributed by atoms with Crippen LogP contribution in [0.3, 0.4) is 0 Å². The van der Waals surface area contributed by atoms with Crippen LogP contribution in [0.2, 0.25) is 0 Å². The first kappa shape index (κ1) is 29.5. The molecule has 4 aromatic rings. The standard InChI is InChI=1S/C10H10N2O3S.C9H8N2O3S.CH3I.CH4/c1-3-5-4-6(13)15-9-7(5)8(14)11-10(12-9)16-2;1-2-4-3-5(12)14-8-6(4)7(13)10-9(15)11-8;1-2;/h4H,3H2,1-2H3,(H,11,12,14);3H,2H2,1H3,(H2,10,11,13,15);1H3;1H4. The Morgan fingerprint density at radius 1 is 0.912 bits per heavy atom. The summed E-state index contributed by atoms with van der Waals surface area (Å²) in [5, 5.41) is 1.15. The van der Waals surface area contributed by atoms with Crippen LogP contribution in [0.1, 0.15) is 32.4 Å². The summed E-state index contributed by atoms with van der Waals surface area (Å²) in [4.78, 5) is 59.5. The van der Waals surface area contributed by atoms with Crippen molar-refractivity contribution >= 4 is 68.8 Å². The van der Waals surface area contributed by atoms with Crippen molar-refractivity contribution < 1.29 is 8.83 Å². The SMILES string of the molecule is C.CCc1cc(=O)oc2[nH]c(=S)[nH]c(=O)c12.CCc1cc(=O)oc2nc(SC)[nH]c(=O)c12.CI. The fourth-order valence-corrected chi connectivity index (χ4v) is 3.52. The second-order valence-electron chi connectivity index (χ2n) is 6.26. The smallest absolute Gasteiger partial charge is 0.337 e. The van der Waals surface area contributed by atoms with E-state index < -0.39 is 11.3 Å². The fourth-order valence-electron chi connectivity index (χ4n) is 2.96. The zero-order valence-corrected chi connectivity index (χ0v) is 22.0. The largest absolute Gasteiger partial charge is 0.405 e. The predicted octanol–water partition coefficient (Wildman–Crippen LogP) is 3.95. The molecule has 10 nitrogen and oxygen atoms in total. The summed E-state index contributed by atoms with van der Waals surface area (Å²) >= 11 is 8.22. The summed E-state index contributed by atoms with van der Waals surface area (Å²) < 4.78 is 9.94. The van der Waals surface area contributed by atoms with Gasteiger partial charge in [0.2, 0.25) is 11.4 Å². The first-order chi connectivity index (χ1) is 15.8. The van der Waals surface area contributed by atoms with Gasteiger partial charge < -0.3 is 18.8 Å². The summed E-state index contributed by atoms with van der Waals surface area (Å²) in [7, 11) is 0. The van der Waals surface area contributed by atoms with Gasteiger partial charge in [0.15, 0.2) is 9.93 Å². The Labute approximate surface area is 216 Å². The lowest BCUT2D eigenvalue weighted by molar-refractivity contribution is 0.541. The number of halogens is 1. The van der Waals surface area contributed by atoms with Crippen LogP contribution in [0.5, 0.6) is 0 Å². The molecule has 13 heteroatoms. The van der Waals surface area contributed by atoms with Gasteiger partial charge in [-0.05, 0) is 47.4 Å². The lowest BCUT2D eigenvalue weighted by atomic mass is 10.1. The van der Waals surface area contributed by atoms with E-state index in [9.17, 15) is 19.2 Å². The highest BCUT2D eigenvalue weighted by Gasteiger charge is 2.11. The van der Waals surface area contributed by atoms with E-state index in [2.05, 4.69) is 42.5 Å². The zero-order chi connectivity index (χ0) is 24.7. The van der Waals surface area contributed by atoms with Crippen LogP contribution in [0.4, 0.5) is 0 Å². The number of hydrogen-bond donors (Lipinski definition) is 3. The molecular weight excluding hydrogens is 595 g/mol. The normalized spacial score (nSPS) is 10.0. The number of fused-ring (bicyclic) bond motifs is 2. The average Bonchev–Trinajstić information content (AvgIpc) is 2.78. The molecule has 184 valence electrons. The summed E-state index contributed by atoms with van der Waals surface area (Å²) in [5.41, 5.74) is -0.0265. The number of alkyl halides is 1. The first-order valence-corrected chi connectivity index (χ1v) is 13.3. The van der Waals surface area contributed by atoms with Gasteiger partial charge in [0.25, 0.3) is 11.1 Å². The highest BCUT2D eigenvalue weighted by atomic mass is 127. The van der Waals surface area contributed by atoms with Crippen LogP contribution in [-0.2, 0) is 12.8 Å². The summed E-state index contributed by atoms with van der Waals surface area (Å²) in [6.07, 6.45) is 2.95. The molecule has 0 amide bonds. The summed E-state index contributed by atoms with van der Waals surface area (Å²) in [5.74, 6) is 0. The van der Waals surface area contributed by atoms with Gasteiger partial charge in [-0.1, -0.05) is 55.6 Å². The molecule has 0 atom stereocenters. The Hall–Kier alpha value is -2.52. The maximum Gasteiger partial charge on any atom is 0.337 e. The van der Waals surface area contributed by atoms with Gasteiger partial charge in [0.1, 0.15) is 10.8 Å². The molecule has 0 aromatic carbocycles. The zero-order valence-electron chi connectivity index (χ0n) is 18.2. The lowest BCUT2D eigenvalue weighted by Gasteiger charge is -2.02. The van der Waals surface area contributed by atoms with Gasteiger partial charge in [0, 0.05) is 12.1 Å². The second-order valence-corrected chi connectivity index (χ2v) is 7.46. The molecule has 0 unspecified atom stereocenters. The first-order valence-electron chi connectivity index (χ1n) is 9.55. The van der Waals surface area contributed by atoms with Crippen molar-refractivity contribution in [1.82, 2.24) is 19.9 Å². The number of thioether (sulfide) groups is 1. The molecule has 0 bridgehead atoms. The highest BCUT2D eigenvalue weighted by molar-refractivity contribution is 14.1. The van der Waals surface area contributed by atoms with E-state index in [4.69, 9.17) is 21.1 Å². The molecule has 34 heavy (non-hydrogen) atoms. The molecule has 0 aliphatic rings. The third-order valence-corrected chi connectivity index (χ3v) is 5.14. The summed E-state index contributed by atoms with van der Waals surface area (Å²) in [6, 6.07) is 2.65. The Morgan fingerprint density at radius 2 is 1.44 bits per heavy atom. The number of nitrogens with one attached hydrogen (secondary N) is 3. The number of aryl methyl sites for hydroxylation is 2. The maximum absolute atomic E-state index is 11.8. The molecular formula is C21H25IN4O6S2. The quantitative estimate of drug-likeness (QED) is 0.102. The van der Waals surface area contributed by atoms with E-state index in [1.54, 1.807) is 6.26 Å². The highest BCUT2D eigenvalue weighted by Crippen LogP contribution is 2.14. The molecule has 0 aliphatic heterocycles. The van der Waals surface area contributed by atoms with E-state index in [1.165, 1.54) is 23.9 Å². The molecule has 0 fully saturated rings. The Balaban J connectivity index is 0.000000309. The molecule has 4 heterocycles. The average molecular weight is 620 g/mol. The van der Waals surface area contributed by atoms with Crippen LogP contribution >= 0.6 is 46.6 Å². The van der Waals surface area contributed by atoms with Crippen molar-refractivity contribution in [3.8, 4) is 0 Å². The Kier molecular flexibility index (Phi) is 11.6. The Morgan fingerprint density at radius 3 is 2.00 bits per heavy atom. The van der Waals surface area contributed by atoms with Crippen molar-refractivity contribution in [2.45, 2.75) is 39.3 Å². The van der Waals surface area contributed by atoms with Crippen molar-refractivity contribution in [3.63, 3.8) is 0 Å². The number of rotatable bonds is 3. The third kappa shape index (κ3) is 6.76. The minimum Gasteiger partial charge on any atom is -0.405 e. The Bertz CT molecular complexity index is 1560. The predicted molar refractivity (Wildman–Crippen MR) is 146 cm³/mol. The minimum absolute atomic E-state index is 0. The van der Waals surface area contributed by atoms with Crippen molar-refractivity contribution in [1.29, 1.82) is 0 Å². The van der Waals surface area contributed by atoms with Gasteiger partial charge >= 0.3 is 11.3 Å². The van der Waals surface area contributed by atoms with Gasteiger partial charge in [-0.15, -0.1) is 0 Å². The third-order valence-electron chi connectivity index (χ3n) is 4.35. The molecule has 0 spiro atoms. The van der Waals surface area contributed by atoms with Gasteiger partial charge in [-0.2, -0.15) is 4.98 Å². The van der Waals surface area contributed by atoms with E-state index >= 15 is 0 Å². The molecule has 4 rings (SSSR count). The van der Waals surface area contributed by atoms with Crippen molar-refractivity contribution in [3.05, 3.63) is 69.6 Å². The molecule has 0 saturated heterocycles. The number of H-pyrrole nitrogens is 3. The van der Waals surface area contributed by atoms with Crippen LogP contribution in [0.25, 0.3) is 22.2 Å². The topological polar surface area (TPSA) is 155 Å². The molecule has 0 radical (unpaired) electrons. The van der Waals surface area contributed by atoms with Crippen LogP contribution in [0, 0.1) is 4.77 Å². The van der Waals surface area contributed by atoms with E-state index in [0.717, 1.165) is 0 Å². The van der Waals surface area contributed by atoms with Gasteiger partial charge in [0.05, 0.1) is 0 Å².